The summed E-state index contributed by atoms with van der Waals surface area (Å²) in [6.45, 7) is 11.4. The van der Waals surface area contributed by atoms with Gasteiger partial charge in [0.05, 0.1) is 35.0 Å². The number of nitrogens with zero attached hydrogens (tertiary/aromatic N) is 2. The fraction of sp³-hybridized carbons (Fsp3) is 0.303. The third-order valence-corrected chi connectivity index (χ3v) is 8.02. The third kappa shape index (κ3) is 5.57. The van der Waals surface area contributed by atoms with E-state index in [9.17, 15) is 14.7 Å². The Morgan fingerprint density at radius 2 is 1.63 bits per heavy atom. The third-order valence-electron chi connectivity index (χ3n) is 7.00. The molecule has 41 heavy (non-hydrogen) atoms. The number of carbonyl (C=O) groups is 2. The highest BCUT2D eigenvalue weighted by Crippen LogP contribution is 2.45. The van der Waals surface area contributed by atoms with Crippen molar-refractivity contribution in [1.29, 1.82) is 0 Å². The lowest BCUT2D eigenvalue weighted by Gasteiger charge is -2.24. The lowest BCUT2D eigenvalue weighted by molar-refractivity contribution is -0.132. The van der Waals surface area contributed by atoms with Crippen LogP contribution in [-0.2, 0) is 15.0 Å². The van der Waals surface area contributed by atoms with Crippen molar-refractivity contribution in [2.75, 3.05) is 18.1 Å². The molecule has 4 aromatic rings. The van der Waals surface area contributed by atoms with Gasteiger partial charge in [0.25, 0.3) is 5.78 Å². The maximum Gasteiger partial charge on any atom is 0.301 e. The zero-order valence-electron chi connectivity index (χ0n) is 23.9. The Bertz CT molecular complexity index is 1610. The number of aromatic nitrogens is 1. The van der Waals surface area contributed by atoms with Crippen LogP contribution in [0.5, 0.6) is 11.5 Å². The smallest absolute Gasteiger partial charge is 0.301 e. The summed E-state index contributed by atoms with van der Waals surface area (Å²) in [5.74, 6) is -0.356. The average Bonchev–Trinajstić information content (AvgIpc) is 3.49. The van der Waals surface area contributed by atoms with Crippen LogP contribution in [0.25, 0.3) is 16.0 Å². The van der Waals surface area contributed by atoms with Crippen molar-refractivity contribution in [2.24, 2.45) is 0 Å². The lowest BCUT2D eigenvalue weighted by Crippen LogP contribution is -2.29. The van der Waals surface area contributed by atoms with Gasteiger partial charge >= 0.3 is 5.91 Å². The van der Waals surface area contributed by atoms with Gasteiger partial charge in [-0.25, -0.2) is 4.98 Å². The van der Waals surface area contributed by atoms with Crippen molar-refractivity contribution >= 4 is 44.1 Å². The highest BCUT2D eigenvalue weighted by molar-refractivity contribution is 7.22. The number of fused-ring (bicyclic) bond motifs is 1. The van der Waals surface area contributed by atoms with Crippen molar-refractivity contribution in [1.82, 2.24) is 4.98 Å². The molecule has 1 aliphatic rings. The number of hydrogen-bond donors (Lipinski definition) is 1. The predicted molar refractivity (Wildman–Crippen MR) is 163 cm³/mol. The summed E-state index contributed by atoms with van der Waals surface area (Å²) < 4.78 is 12.1. The molecular weight excluding hydrogens is 536 g/mol. The minimum atomic E-state index is -0.855. The van der Waals surface area contributed by atoms with Gasteiger partial charge in [-0.05, 0) is 72.4 Å². The molecule has 0 radical (unpaired) electrons. The van der Waals surface area contributed by atoms with E-state index in [4.69, 9.17) is 14.5 Å². The molecule has 212 valence electrons. The SMILES string of the molecule is CCCOc1ccc(/C(O)=C2\C(=O)C(=O)N(c3nc4ccc(OCC)cc4s3)C2c2ccc(C(C)(C)C)cc2)cc1. The predicted octanol–water partition coefficient (Wildman–Crippen LogP) is 7.41. The second-order valence-electron chi connectivity index (χ2n) is 11.0. The van der Waals surface area contributed by atoms with E-state index in [1.54, 1.807) is 24.3 Å². The number of Topliss-reactive ketones (excluding diaryl/α,β-unsaturated/α-hetero) is 1. The summed E-state index contributed by atoms with van der Waals surface area (Å²) in [6, 6.07) is 19.4. The maximum atomic E-state index is 13.6. The first-order chi connectivity index (χ1) is 19.6. The van der Waals surface area contributed by atoms with Gasteiger partial charge < -0.3 is 14.6 Å². The molecule has 8 heteroatoms. The molecule has 7 nitrogen and oxygen atoms in total. The van der Waals surface area contributed by atoms with Crippen molar-refractivity contribution in [3.05, 3.63) is 89.0 Å². The van der Waals surface area contributed by atoms with Gasteiger partial charge in [-0.2, -0.15) is 0 Å². The first-order valence-electron chi connectivity index (χ1n) is 13.8. The number of rotatable bonds is 8. The lowest BCUT2D eigenvalue weighted by atomic mass is 9.85. The fourth-order valence-corrected chi connectivity index (χ4v) is 5.87. The first-order valence-corrected chi connectivity index (χ1v) is 14.6. The number of carbonyl (C=O) groups excluding carboxylic acids is 2. The van der Waals surface area contributed by atoms with Crippen molar-refractivity contribution in [2.45, 2.75) is 52.5 Å². The van der Waals surface area contributed by atoms with Crippen LogP contribution >= 0.6 is 11.3 Å². The zero-order chi connectivity index (χ0) is 29.3. The molecule has 1 fully saturated rings. The van der Waals surface area contributed by atoms with Crippen LogP contribution in [0.4, 0.5) is 5.13 Å². The van der Waals surface area contributed by atoms with E-state index in [-0.39, 0.29) is 16.7 Å². The van der Waals surface area contributed by atoms with Crippen LogP contribution in [-0.4, -0.2) is 35.0 Å². The van der Waals surface area contributed by atoms with Gasteiger partial charge in [0.15, 0.2) is 5.13 Å². The molecule has 0 saturated carbocycles. The summed E-state index contributed by atoms with van der Waals surface area (Å²) in [4.78, 5) is 33.4. The summed E-state index contributed by atoms with van der Waals surface area (Å²) in [7, 11) is 0. The van der Waals surface area contributed by atoms with Gasteiger partial charge in [-0.15, -0.1) is 0 Å². The van der Waals surface area contributed by atoms with Crippen LogP contribution in [0.2, 0.25) is 0 Å². The second kappa shape index (κ2) is 11.4. The van der Waals surface area contributed by atoms with Gasteiger partial charge in [0.2, 0.25) is 0 Å². The number of thiazole rings is 1. The Labute approximate surface area is 244 Å². The molecule has 1 unspecified atom stereocenters. The molecule has 1 aliphatic heterocycles. The highest BCUT2D eigenvalue weighted by Gasteiger charge is 2.48. The Balaban J connectivity index is 1.64. The minimum Gasteiger partial charge on any atom is -0.507 e. The standard InChI is InChI=1S/C33H34N2O5S/c1-6-18-40-23-14-10-21(11-15-23)29(36)27-28(20-8-12-22(13-9-20)33(3,4)5)35(31(38)30(27)37)32-34-25-17-16-24(39-7-2)19-26(25)41-32/h8-17,19,28,36H,6-7,18H2,1-5H3/b29-27+. The summed E-state index contributed by atoms with van der Waals surface area (Å²) in [5.41, 5.74) is 2.89. The van der Waals surface area contributed by atoms with Crippen molar-refractivity contribution in [3.8, 4) is 11.5 Å². The van der Waals surface area contributed by atoms with Crippen LogP contribution in [0, 0.1) is 0 Å². The minimum absolute atomic E-state index is 0.0231. The van der Waals surface area contributed by atoms with E-state index in [0.717, 1.165) is 16.7 Å². The monoisotopic (exact) mass is 570 g/mol. The number of benzene rings is 3. The molecule has 1 aromatic heterocycles. The normalized spacial score (nSPS) is 16.9. The van der Waals surface area contributed by atoms with Gasteiger partial charge in [0, 0.05) is 5.56 Å². The van der Waals surface area contributed by atoms with E-state index in [1.165, 1.54) is 16.2 Å². The Morgan fingerprint density at radius 3 is 2.27 bits per heavy atom. The number of ketones is 1. The molecule has 3 aromatic carbocycles. The molecule has 5 rings (SSSR count). The molecule has 2 heterocycles. The highest BCUT2D eigenvalue weighted by atomic mass is 32.1. The topological polar surface area (TPSA) is 89.0 Å². The molecule has 1 amide bonds. The number of aliphatic hydroxyl groups excluding tert-OH is 1. The van der Waals surface area contributed by atoms with Gasteiger partial charge in [0.1, 0.15) is 17.3 Å². The van der Waals surface area contributed by atoms with E-state index < -0.39 is 17.7 Å². The van der Waals surface area contributed by atoms with Crippen LogP contribution in [0.1, 0.15) is 63.8 Å². The quantitative estimate of drug-likeness (QED) is 0.135. The summed E-state index contributed by atoms with van der Waals surface area (Å²) in [6.07, 6.45) is 0.873. The molecule has 0 bridgehead atoms. The number of ether oxygens (including phenoxy) is 2. The molecule has 0 spiro atoms. The molecule has 0 aliphatic carbocycles. The summed E-state index contributed by atoms with van der Waals surface area (Å²) >= 11 is 1.31. The Kier molecular flexibility index (Phi) is 7.87. The van der Waals surface area contributed by atoms with Crippen molar-refractivity contribution in [3.63, 3.8) is 0 Å². The van der Waals surface area contributed by atoms with Gasteiger partial charge in [-0.3, -0.25) is 14.5 Å². The zero-order valence-corrected chi connectivity index (χ0v) is 24.7. The number of amides is 1. The van der Waals surface area contributed by atoms with Crippen LogP contribution in [0.15, 0.2) is 72.3 Å². The van der Waals surface area contributed by atoms with Crippen LogP contribution in [0.3, 0.4) is 0 Å². The first kappa shape index (κ1) is 28.4. The van der Waals surface area contributed by atoms with Crippen molar-refractivity contribution < 1.29 is 24.2 Å². The average molecular weight is 571 g/mol. The molecule has 1 atom stereocenters. The van der Waals surface area contributed by atoms with E-state index >= 15 is 0 Å². The molecular formula is C33H34N2O5S. The van der Waals surface area contributed by atoms with E-state index in [1.807, 2.05) is 56.3 Å². The van der Waals surface area contributed by atoms with Gasteiger partial charge in [-0.1, -0.05) is 63.3 Å². The molecule has 1 saturated heterocycles. The molecule has 1 N–H and O–H groups in total. The Hall–Kier alpha value is -4.17. The second-order valence-corrected chi connectivity index (χ2v) is 12.0. The maximum absolute atomic E-state index is 13.6. The number of anilines is 1. The largest absolute Gasteiger partial charge is 0.507 e. The van der Waals surface area contributed by atoms with E-state index in [0.29, 0.717) is 46.5 Å². The summed E-state index contributed by atoms with van der Waals surface area (Å²) in [5, 5.41) is 11.9. The number of hydrogen-bond acceptors (Lipinski definition) is 7. The van der Waals surface area contributed by atoms with E-state index in [2.05, 4.69) is 20.8 Å². The fourth-order valence-electron chi connectivity index (χ4n) is 4.85. The Morgan fingerprint density at radius 1 is 0.951 bits per heavy atom. The van der Waals surface area contributed by atoms with Crippen LogP contribution < -0.4 is 14.4 Å². The number of aliphatic hydroxyl groups is 1.